The van der Waals surface area contributed by atoms with Gasteiger partial charge in [-0.25, -0.2) is 4.79 Å². The van der Waals surface area contributed by atoms with Crippen LogP contribution in [0.1, 0.15) is 60.7 Å². The molecule has 7 nitrogen and oxygen atoms in total. The maximum atomic E-state index is 12.2. The first-order chi connectivity index (χ1) is 12.2. The van der Waals surface area contributed by atoms with Crippen LogP contribution in [-0.2, 0) is 4.74 Å². The number of benzene rings is 1. The van der Waals surface area contributed by atoms with Gasteiger partial charge in [-0.05, 0) is 52.2 Å². The van der Waals surface area contributed by atoms with E-state index in [0.29, 0.717) is 30.4 Å². The van der Waals surface area contributed by atoms with Gasteiger partial charge in [0.15, 0.2) is 0 Å². The molecule has 2 rings (SSSR count). The number of amides is 3. The van der Waals surface area contributed by atoms with Crippen molar-refractivity contribution in [3.63, 3.8) is 0 Å². The molecule has 1 atom stereocenters. The van der Waals surface area contributed by atoms with E-state index in [1.165, 1.54) is 4.90 Å². The quantitative estimate of drug-likeness (QED) is 0.623. The second-order valence-corrected chi connectivity index (χ2v) is 7.13. The molecular formula is C19H23N3O4. The maximum Gasteiger partial charge on any atom is 0.408 e. The van der Waals surface area contributed by atoms with Crippen LogP contribution in [0.5, 0.6) is 0 Å². The summed E-state index contributed by atoms with van der Waals surface area (Å²) in [5, 5.41) is 11.7. The molecule has 1 unspecified atom stereocenters. The van der Waals surface area contributed by atoms with Gasteiger partial charge in [-0.2, -0.15) is 5.26 Å². The van der Waals surface area contributed by atoms with E-state index in [4.69, 9.17) is 10.00 Å². The van der Waals surface area contributed by atoms with Crippen molar-refractivity contribution in [2.45, 2.75) is 51.7 Å². The van der Waals surface area contributed by atoms with Crippen LogP contribution in [0.2, 0.25) is 0 Å². The standard InChI is InChI=1S/C19H23N3O4/c1-19(2,3)26-18(25)21-13(12-20)8-6-7-11-22-16(23)14-9-4-5-10-15(14)17(22)24/h4-5,9-10,13H,6-8,11H2,1-3H3,(H,21,25). The molecule has 1 aromatic carbocycles. The van der Waals surface area contributed by atoms with Crippen LogP contribution >= 0.6 is 0 Å². The molecule has 0 radical (unpaired) electrons. The summed E-state index contributed by atoms with van der Waals surface area (Å²) in [5.41, 5.74) is 0.230. The smallest absolute Gasteiger partial charge is 0.408 e. The Labute approximate surface area is 152 Å². The Balaban J connectivity index is 1.78. The molecule has 0 aromatic heterocycles. The average molecular weight is 357 g/mol. The molecule has 138 valence electrons. The van der Waals surface area contributed by atoms with Gasteiger partial charge in [0.2, 0.25) is 0 Å². The minimum absolute atomic E-state index is 0.283. The van der Waals surface area contributed by atoms with E-state index < -0.39 is 17.7 Å². The van der Waals surface area contributed by atoms with Crippen LogP contribution in [0.4, 0.5) is 4.79 Å². The monoisotopic (exact) mass is 357 g/mol. The van der Waals surface area contributed by atoms with Crippen molar-refractivity contribution >= 4 is 17.9 Å². The number of ether oxygens (including phenoxy) is 1. The van der Waals surface area contributed by atoms with Gasteiger partial charge < -0.3 is 10.1 Å². The van der Waals surface area contributed by atoms with E-state index >= 15 is 0 Å². The van der Waals surface area contributed by atoms with Crippen molar-refractivity contribution in [2.24, 2.45) is 0 Å². The zero-order chi connectivity index (χ0) is 19.3. The Morgan fingerprint density at radius 1 is 1.19 bits per heavy atom. The number of nitriles is 1. The first-order valence-corrected chi connectivity index (χ1v) is 8.57. The third-order valence-corrected chi connectivity index (χ3v) is 3.85. The summed E-state index contributed by atoms with van der Waals surface area (Å²) in [6.07, 6.45) is 0.921. The number of rotatable bonds is 6. The number of fused-ring (bicyclic) bond motifs is 1. The van der Waals surface area contributed by atoms with E-state index in [2.05, 4.69) is 5.32 Å². The largest absolute Gasteiger partial charge is 0.444 e. The topological polar surface area (TPSA) is 99.5 Å². The lowest BCUT2D eigenvalue weighted by molar-refractivity contribution is 0.0513. The minimum atomic E-state index is -0.674. The maximum absolute atomic E-state index is 12.2. The number of nitrogens with zero attached hydrogens (tertiary/aromatic N) is 2. The molecule has 7 heteroatoms. The molecule has 1 aliphatic rings. The van der Waals surface area contributed by atoms with Crippen molar-refractivity contribution in [2.75, 3.05) is 6.54 Å². The summed E-state index contributed by atoms with van der Waals surface area (Å²) in [7, 11) is 0. The van der Waals surface area contributed by atoms with Gasteiger partial charge in [0, 0.05) is 6.54 Å². The summed E-state index contributed by atoms with van der Waals surface area (Å²) < 4.78 is 5.12. The van der Waals surface area contributed by atoms with Gasteiger partial charge in [0.05, 0.1) is 17.2 Å². The molecule has 1 heterocycles. The zero-order valence-electron chi connectivity index (χ0n) is 15.2. The number of imide groups is 1. The molecule has 0 aliphatic carbocycles. The molecule has 0 spiro atoms. The lowest BCUT2D eigenvalue weighted by atomic mass is 10.1. The molecule has 0 saturated heterocycles. The highest BCUT2D eigenvalue weighted by atomic mass is 16.6. The van der Waals surface area contributed by atoms with Gasteiger partial charge >= 0.3 is 6.09 Å². The van der Waals surface area contributed by atoms with Gasteiger partial charge in [-0.3, -0.25) is 14.5 Å². The van der Waals surface area contributed by atoms with Crippen molar-refractivity contribution in [3.05, 3.63) is 35.4 Å². The third-order valence-electron chi connectivity index (χ3n) is 3.85. The van der Waals surface area contributed by atoms with Crippen LogP contribution in [-0.4, -0.2) is 41.0 Å². The normalized spacial score (nSPS) is 14.6. The summed E-state index contributed by atoms with van der Waals surface area (Å²) in [5.74, 6) is -0.566. The van der Waals surface area contributed by atoms with E-state index in [1.54, 1.807) is 45.0 Å². The highest BCUT2D eigenvalue weighted by Crippen LogP contribution is 2.22. The van der Waals surface area contributed by atoms with Gasteiger partial charge in [-0.15, -0.1) is 0 Å². The summed E-state index contributed by atoms with van der Waals surface area (Å²) in [4.78, 5) is 37.4. The van der Waals surface area contributed by atoms with Crippen LogP contribution in [0, 0.1) is 11.3 Å². The second-order valence-electron chi connectivity index (χ2n) is 7.13. The summed E-state index contributed by atoms with van der Waals surface area (Å²) >= 11 is 0. The fourth-order valence-electron chi connectivity index (χ4n) is 2.68. The van der Waals surface area contributed by atoms with Gasteiger partial charge in [0.1, 0.15) is 11.6 Å². The van der Waals surface area contributed by atoms with Crippen molar-refractivity contribution in [3.8, 4) is 6.07 Å². The number of carbonyl (C=O) groups excluding carboxylic acids is 3. The van der Waals surface area contributed by atoms with Crippen LogP contribution in [0.3, 0.4) is 0 Å². The molecular weight excluding hydrogens is 334 g/mol. The number of unbranched alkanes of at least 4 members (excludes halogenated alkanes) is 1. The number of alkyl carbamates (subject to hydrolysis) is 1. The molecule has 3 amide bonds. The summed E-state index contributed by atoms with van der Waals surface area (Å²) in [6.45, 7) is 5.53. The number of hydrogen-bond donors (Lipinski definition) is 1. The minimum Gasteiger partial charge on any atom is -0.444 e. The summed E-state index contributed by atoms with van der Waals surface area (Å²) in [6, 6.07) is 8.09. The predicted octanol–water partition coefficient (Wildman–Crippen LogP) is 2.87. The molecule has 1 aromatic rings. The van der Waals surface area contributed by atoms with Crippen molar-refractivity contribution in [1.29, 1.82) is 5.26 Å². The van der Waals surface area contributed by atoms with E-state index in [9.17, 15) is 14.4 Å². The first kappa shape index (κ1) is 19.4. The Bertz CT molecular complexity index is 711. The van der Waals surface area contributed by atoms with Crippen LogP contribution in [0.15, 0.2) is 24.3 Å². The molecule has 1 aliphatic heterocycles. The highest BCUT2D eigenvalue weighted by Gasteiger charge is 2.34. The Morgan fingerprint density at radius 3 is 2.27 bits per heavy atom. The lowest BCUT2D eigenvalue weighted by Crippen LogP contribution is -2.38. The number of carbonyl (C=O) groups is 3. The second kappa shape index (κ2) is 8.00. The van der Waals surface area contributed by atoms with E-state index in [-0.39, 0.29) is 18.4 Å². The lowest BCUT2D eigenvalue weighted by Gasteiger charge is -2.21. The van der Waals surface area contributed by atoms with Gasteiger partial charge in [0.25, 0.3) is 11.8 Å². The van der Waals surface area contributed by atoms with Crippen molar-refractivity contribution in [1.82, 2.24) is 10.2 Å². The Kier molecular flexibility index (Phi) is 5.98. The number of hydrogen-bond acceptors (Lipinski definition) is 5. The molecule has 0 bridgehead atoms. The third kappa shape index (κ3) is 4.82. The number of nitrogens with one attached hydrogen (secondary N) is 1. The zero-order valence-corrected chi connectivity index (χ0v) is 15.2. The van der Waals surface area contributed by atoms with Crippen LogP contribution < -0.4 is 5.32 Å². The fourth-order valence-corrected chi connectivity index (χ4v) is 2.68. The highest BCUT2D eigenvalue weighted by molar-refractivity contribution is 6.21. The average Bonchev–Trinajstić information content (AvgIpc) is 2.81. The van der Waals surface area contributed by atoms with Crippen molar-refractivity contribution < 1.29 is 19.1 Å². The molecule has 1 N–H and O–H groups in total. The first-order valence-electron chi connectivity index (χ1n) is 8.57. The molecule has 26 heavy (non-hydrogen) atoms. The van der Waals surface area contributed by atoms with E-state index in [0.717, 1.165) is 0 Å². The fraction of sp³-hybridized carbons (Fsp3) is 0.474. The Morgan fingerprint density at radius 2 is 1.77 bits per heavy atom. The SMILES string of the molecule is CC(C)(C)OC(=O)NC(C#N)CCCCN1C(=O)c2ccccc2C1=O. The predicted molar refractivity (Wildman–Crippen MR) is 94.4 cm³/mol. The molecule has 0 fully saturated rings. The van der Waals surface area contributed by atoms with Crippen LogP contribution in [0.25, 0.3) is 0 Å². The Hall–Kier alpha value is -2.88. The van der Waals surface area contributed by atoms with E-state index in [1.807, 2.05) is 6.07 Å². The van der Waals surface area contributed by atoms with Gasteiger partial charge in [-0.1, -0.05) is 12.1 Å². The molecule has 0 saturated carbocycles.